The highest BCUT2D eigenvalue weighted by Crippen LogP contribution is 2.31. The summed E-state index contributed by atoms with van der Waals surface area (Å²) in [7, 11) is 1.53. The highest BCUT2D eigenvalue weighted by Gasteiger charge is 2.44. The van der Waals surface area contributed by atoms with Gasteiger partial charge in [0.15, 0.2) is 5.58 Å². The second-order valence-corrected chi connectivity index (χ2v) is 10.1. The van der Waals surface area contributed by atoms with Crippen molar-refractivity contribution in [2.75, 3.05) is 12.0 Å². The van der Waals surface area contributed by atoms with Crippen molar-refractivity contribution in [3.8, 4) is 17.2 Å². The Labute approximate surface area is 228 Å². The van der Waals surface area contributed by atoms with E-state index in [0.29, 0.717) is 28.5 Å². The predicted molar refractivity (Wildman–Crippen MR) is 148 cm³/mol. The summed E-state index contributed by atoms with van der Waals surface area (Å²) >= 11 is 1.49. The Bertz CT molecular complexity index is 1640. The van der Waals surface area contributed by atoms with E-state index in [9.17, 15) is 14.4 Å². The lowest BCUT2D eigenvalue weighted by molar-refractivity contribution is -0.122. The molecule has 0 radical (unpaired) electrons. The lowest BCUT2D eigenvalue weighted by Crippen LogP contribution is -2.45. The molecule has 9 heteroatoms. The average molecular weight is 538 g/mol. The van der Waals surface area contributed by atoms with Gasteiger partial charge in [0, 0.05) is 16.0 Å². The van der Waals surface area contributed by atoms with Gasteiger partial charge in [-0.15, -0.1) is 11.3 Å². The third kappa shape index (κ3) is 4.68. The van der Waals surface area contributed by atoms with Gasteiger partial charge in [0.1, 0.15) is 17.3 Å². The molecular weight excluding hydrogens is 514 g/mol. The highest BCUT2D eigenvalue weighted by atomic mass is 32.1. The first kappa shape index (κ1) is 24.6. The molecule has 1 aliphatic heterocycles. The number of carbonyl (C=O) groups is 3. The number of aromatic nitrogens is 1. The molecule has 0 aliphatic carbocycles. The summed E-state index contributed by atoms with van der Waals surface area (Å²) in [5.74, 6) is -0.171. The van der Waals surface area contributed by atoms with Gasteiger partial charge in [0.25, 0.3) is 11.8 Å². The fourth-order valence-electron chi connectivity index (χ4n) is 4.70. The van der Waals surface area contributed by atoms with Crippen LogP contribution in [0.2, 0.25) is 0 Å². The van der Waals surface area contributed by atoms with Gasteiger partial charge in [-0.2, -0.15) is 0 Å². The molecule has 1 fully saturated rings. The van der Waals surface area contributed by atoms with E-state index < -0.39 is 11.9 Å². The normalized spacial score (nSPS) is 15.2. The minimum atomic E-state index is -0.935. The van der Waals surface area contributed by atoms with Gasteiger partial charge in [0.2, 0.25) is 11.8 Å². The van der Waals surface area contributed by atoms with Gasteiger partial charge in [-0.25, -0.2) is 9.88 Å². The van der Waals surface area contributed by atoms with E-state index >= 15 is 0 Å². The first-order valence-corrected chi connectivity index (χ1v) is 13.2. The number of imide groups is 1. The zero-order chi connectivity index (χ0) is 26.9. The van der Waals surface area contributed by atoms with Crippen molar-refractivity contribution in [3.63, 3.8) is 0 Å². The minimum absolute atomic E-state index is 0.104. The standard InChI is InChI=1S/C30H23N3O5S/c1-37-22-7-4-6-20(16-22)29(35)32(18-23-8-5-15-39-23)25-17-27(34)33(30(25)36)21-13-11-19(12-14-21)28-31-24-9-2-3-10-26(24)38-28/h2-16,25H,17-18H2,1H3. The lowest BCUT2D eigenvalue weighted by Gasteiger charge is -2.27. The molecule has 1 atom stereocenters. The summed E-state index contributed by atoms with van der Waals surface area (Å²) < 4.78 is 11.1. The molecular formula is C30H23N3O5S. The highest BCUT2D eigenvalue weighted by molar-refractivity contribution is 7.09. The maximum Gasteiger partial charge on any atom is 0.257 e. The smallest absolute Gasteiger partial charge is 0.257 e. The lowest BCUT2D eigenvalue weighted by atomic mass is 10.1. The summed E-state index contributed by atoms with van der Waals surface area (Å²) in [6, 6.07) is 24.0. The van der Waals surface area contributed by atoms with Crippen molar-refractivity contribution in [1.82, 2.24) is 9.88 Å². The Balaban J connectivity index is 1.28. The van der Waals surface area contributed by atoms with Crippen LogP contribution >= 0.6 is 11.3 Å². The van der Waals surface area contributed by atoms with Crippen LogP contribution in [-0.2, 0) is 16.1 Å². The second kappa shape index (κ2) is 10.2. The quantitative estimate of drug-likeness (QED) is 0.253. The van der Waals surface area contributed by atoms with Crippen LogP contribution in [0, 0.1) is 0 Å². The number of hydrogen-bond donors (Lipinski definition) is 0. The van der Waals surface area contributed by atoms with Crippen molar-refractivity contribution in [2.45, 2.75) is 19.0 Å². The maximum absolute atomic E-state index is 13.7. The molecule has 0 saturated carbocycles. The van der Waals surface area contributed by atoms with E-state index in [1.165, 1.54) is 23.3 Å². The molecule has 0 bridgehead atoms. The SMILES string of the molecule is COc1cccc(C(=O)N(Cc2cccs2)C2CC(=O)N(c3ccc(-c4nc5ccccc5o4)cc3)C2=O)c1. The van der Waals surface area contributed by atoms with Crippen LogP contribution in [0.15, 0.2) is 94.7 Å². The molecule has 3 heterocycles. The zero-order valence-electron chi connectivity index (χ0n) is 20.9. The fraction of sp³-hybridized carbons (Fsp3) is 0.133. The fourth-order valence-corrected chi connectivity index (χ4v) is 5.40. The number of methoxy groups -OCH3 is 1. The van der Waals surface area contributed by atoms with Crippen LogP contribution in [-0.4, -0.2) is 40.8 Å². The summed E-state index contributed by atoms with van der Waals surface area (Å²) in [5.41, 5.74) is 2.95. The number of ether oxygens (including phenoxy) is 1. The molecule has 1 aliphatic rings. The Morgan fingerprint density at radius 2 is 1.87 bits per heavy atom. The van der Waals surface area contributed by atoms with E-state index in [1.54, 1.807) is 48.5 Å². The van der Waals surface area contributed by atoms with Gasteiger partial charge in [-0.05, 0) is 66.0 Å². The summed E-state index contributed by atoms with van der Waals surface area (Å²) in [6.45, 7) is 0.210. The second-order valence-electron chi connectivity index (χ2n) is 9.07. The number of para-hydroxylation sites is 2. The summed E-state index contributed by atoms with van der Waals surface area (Å²) in [5, 5.41) is 1.91. The molecule has 0 N–H and O–H groups in total. The summed E-state index contributed by atoms with van der Waals surface area (Å²) in [4.78, 5) is 48.6. The van der Waals surface area contributed by atoms with Crippen LogP contribution in [0.4, 0.5) is 5.69 Å². The first-order valence-electron chi connectivity index (χ1n) is 12.3. The van der Waals surface area contributed by atoms with Crippen LogP contribution in [0.1, 0.15) is 21.7 Å². The number of oxazole rings is 1. The van der Waals surface area contributed by atoms with Crippen molar-refractivity contribution in [1.29, 1.82) is 0 Å². The molecule has 5 aromatic rings. The third-order valence-electron chi connectivity index (χ3n) is 6.65. The number of rotatable bonds is 7. The van der Waals surface area contributed by atoms with Crippen molar-refractivity contribution >= 4 is 45.8 Å². The largest absolute Gasteiger partial charge is 0.497 e. The molecule has 3 amide bonds. The van der Waals surface area contributed by atoms with Gasteiger partial charge < -0.3 is 14.1 Å². The maximum atomic E-state index is 13.7. The number of hydrogen-bond acceptors (Lipinski definition) is 7. The van der Waals surface area contributed by atoms with Gasteiger partial charge in [0.05, 0.1) is 25.8 Å². The first-order chi connectivity index (χ1) is 19.0. The monoisotopic (exact) mass is 537 g/mol. The number of anilines is 1. The average Bonchev–Trinajstić information content (AvgIpc) is 3.71. The van der Waals surface area contributed by atoms with Crippen molar-refractivity contribution in [3.05, 3.63) is 101 Å². The van der Waals surface area contributed by atoms with E-state index in [2.05, 4.69) is 4.98 Å². The Kier molecular flexibility index (Phi) is 6.42. The van der Waals surface area contributed by atoms with Crippen LogP contribution < -0.4 is 9.64 Å². The van der Waals surface area contributed by atoms with E-state index in [0.717, 1.165) is 20.9 Å². The molecule has 2 aromatic heterocycles. The van der Waals surface area contributed by atoms with Gasteiger partial charge in [-0.1, -0.05) is 24.3 Å². The summed E-state index contributed by atoms with van der Waals surface area (Å²) in [6.07, 6.45) is -0.104. The van der Waals surface area contributed by atoms with Crippen LogP contribution in [0.5, 0.6) is 5.75 Å². The Morgan fingerprint density at radius 3 is 2.62 bits per heavy atom. The van der Waals surface area contributed by atoms with Gasteiger partial charge in [-0.3, -0.25) is 14.4 Å². The Morgan fingerprint density at radius 1 is 1.05 bits per heavy atom. The van der Waals surface area contributed by atoms with Crippen molar-refractivity contribution in [2.24, 2.45) is 0 Å². The predicted octanol–water partition coefficient (Wildman–Crippen LogP) is 5.54. The number of nitrogens with zero attached hydrogens (tertiary/aromatic N) is 3. The molecule has 6 rings (SSSR count). The van der Waals surface area contributed by atoms with E-state index in [-0.39, 0.29) is 24.8 Å². The van der Waals surface area contributed by atoms with Crippen molar-refractivity contribution < 1.29 is 23.5 Å². The van der Waals surface area contributed by atoms with E-state index in [1.807, 2.05) is 41.8 Å². The number of carbonyl (C=O) groups excluding carboxylic acids is 3. The van der Waals surface area contributed by atoms with Gasteiger partial charge >= 0.3 is 0 Å². The number of thiophene rings is 1. The number of benzene rings is 3. The molecule has 1 saturated heterocycles. The molecule has 8 nitrogen and oxygen atoms in total. The topological polar surface area (TPSA) is 92.9 Å². The third-order valence-corrected chi connectivity index (χ3v) is 7.51. The van der Waals surface area contributed by atoms with Crippen LogP contribution in [0.25, 0.3) is 22.6 Å². The molecule has 194 valence electrons. The molecule has 0 spiro atoms. The molecule has 3 aromatic carbocycles. The van der Waals surface area contributed by atoms with E-state index in [4.69, 9.17) is 9.15 Å². The van der Waals surface area contributed by atoms with Crippen LogP contribution in [0.3, 0.4) is 0 Å². The minimum Gasteiger partial charge on any atom is -0.497 e. The molecule has 39 heavy (non-hydrogen) atoms. The Hall–Kier alpha value is -4.76. The number of fused-ring (bicyclic) bond motifs is 1. The zero-order valence-corrected chi connectivity index (χ0v) is 21.8. The molecule has 1 unspecified atom stereocenters. The number of amides is 3.